The van der Waals surface area contributed by atoms with E-state index in [1.165, 1.54) is 45.3 Å². The summed E-state index contributed by atoms with van der Waals surface area (Å²) in [4.78, 5) is 5.11. The first-order valence-electron chi connectivity index (χ1n) is 7.25. The van der Waals surface area contributed by atoms with Gasteiger partial charge >= 0.3 is 0 Å². The molecule has 1 fully saturated rings. The quantitative estimate of drug-likeness (QED) is 0.771. The molecule has 0 aliphatic carbocycles. The summed E-state index contributed by atoms with van der Waals surface area (Å²) in [5.74, 6) is 0. The van der Waals surface area contributed by atoms with Gasteiger partial charge in [0.15, 0.2) is 0 Å². The summed E-state index contributed by atoms with van der Waals surface area (Å²) < 4.78 is 0. The van der Waals surface area contributed by atoms with Gasteiger partial charge in [0.05, 0.1) is 0 Å². The predicted molar refractivity (Wildman–Crippen MR) is 75.3 cm³/mol. The molecule has 3 nitrogen and oxygen atoms in total. The Kier molecular flexibility index (Phi) is 5.90. The monoisotopic (exact) mass is 241 g/mol. The highest BCUT2D eigenvalue weighted by atomic mass is 15.3. The first-order valence-corrected chi connectivity index (χ1v) is 7.25. The minimum atomic E-state index is 0.255. The third-order valence-corrected chi connectivity index (χ3v) is 4.66. The van der Waals surface area contributed by atoms with Crippen molar-refractivity contribution in [3.05, 3.63) is 0 Å². The van der Waals surface area contributed by atoms with Crippen LogP contribution >= 0.6 is 0 Å². The van der Waals surface area contributed by atoms with Gasteiger partial charge in [-0.05, 0) is 26.8 Å². The van der Waals surface area contributed by atoms with Gasteiger partial charge in [-0.3, -0.25) is 4.90 Å². The van der Waals surface area contributed by atoms with Crippen LogP contribution in [0.2, 0.25) is 0 Å². The molecule has 3 heteroatoms. The molecule has 2 atom stereocenters. The van der Waals surface area contributed by atoms with Crippen LogP contribution in [0.4, 0.5) is 0 Å². The zero-order valence-corrected chi connectivity index (χ0v) is 12.2. The lowest BCUT2D eigenvalue weighted by Gasteiger charge is -2.49. The van der Waals surface area contributed by atoms with Gasteiger partial charge < -0.3 is 10.6 Å². The molecule has 1 aliphatic rings. The molecule has 0 aromatic rings. The number of piperazine rings is 1. The van der Waals surface area contributed by atoms with E-state index in [0.29, 0.717) is 6.04 Å². The minimum absolute atomic E-state index is 0.255. The molecule has 0 radical (unpaired) electrons. The third kappa shape index (κ3) is 3.43. The fraction of sp³-hybridized carbons (Fsp3) is 1.00. The molecule has 0 amide bonds. The van der Waals surface area contributed by atoms with Gasteiger partial charge in [0.2, 0.25) is 0 Å². The van der Waals surface area contributed by atoms with Gasteiger partial charge in [-0.25, -0.2) is 0 Å². The molecule has 0 spiro atoms. The Morgan fingerprint density at radius 2 is 2.00 bits per heavy atom. The van der Waals surface area contributed by atoms with Crippen LogP contribution in [0.15, 0.2) is 0 Å². The van der Waals surface area contributed by atoms with E-state index in [1.54, 1.807) is 0 Å². The number of hydrogen-bond donors (Lipinski definition) is 1. The van der Waals surface area contributed by atoms with Gasteiger partial charge in [0, 0.05) is 37.8 Å². The molecule has 1 saturated heterocycles. The fourth-order valence-corrected chi connectivity index (χ4v) is 2.92. The Labute approximate surface area is 107 Å². The molecule has 2 N–H and O–H groups in total. The van der Waals surface area contributed by atoms with Crippen molar-refractivity contribution in [2.45, 2.75) is 58.0 Å². The normalized spacial score (nSPS) is 27.0. The number of hydrogen-bond acceptors (Lipinski definition) is 3. The van der Waals surface area contributed by atoms with Crippen molar-refractivity contribution in [1.29, 1.82) is 0 Å². The summed E-state index contributed by atoms with van der Waals surface area (Å²) in [5, 5.41) is 0. The molecular weight excluding hydrogens is 210 g/mol. The van der Waals surface area contributed by atoms with E-state index < -0.39 is 0 Å². The Morgan fingerprint density at radius 1 is 1.29 bits per heavy atom. The maximum Gasteiger partial charge on any atom is 0.0330 e. The number of unbranched alkanes of at least 4 members (excludes halogenated alkanes) is 1. The second kappa shape index (κ2) is 6.72. The highest BCUT2D eigenvalue weighted by Crippen LogP contribution is 2.27. The van der Waals surface area contributed by atoms with E-state index in [4.69, 9.17) is 5.73 Å². The van der Waals surface area contributed by atoms with Gasteiger partial charge in [0.1, 0.15) is 0 Å². The number of nitrogens with two attached hydrogens (primary N) is 1. The van der Waals surface area contributed by atoms with Crippen molar-refractivity contribution < 1.29 is 0 Å². The lowest BCUT2D eigenvalue weighted by Crippen LogP contribution is -2.61. The molecule has 1 aliphatic heterocycles. The van der Waals surface area contributed by atoms with Gasteiger partial charge in [-0.1, -0.05) is 26.7 Å². The van der Waals surface area contributed by atoms with Crippen molar-refractivity contribution >= 4 is 0 Å². The van der Waals surface area contributed by atoms with E-state index in [0.717, 1.165) is 6.54 Å². The van der Waals surface area contributed by atoms with Crippen molar-refractivity contribution in [2.75, 3.05) is 33.2 Å². The first-order chi connectivity index (χ1) is 8.09. The molecule has 0 saturated carbocycles. The van der Waals surface area contributed by atoms with Gasteiger partial charge in [-0.15, -0.1) is 0 Å². The van der Waals surface area contributed by atoms with Gasteiger partial charge in [0.25, 0.3) is 0 Å². The predicted octanol–water partition coefficient (Wildman–Crippen LogP) is 1.92. The number of nitrogens with zero attached hydrogens (tertiary/aromatic N) is 2. The number of rotatable bonds is 6. The maximum absolute atomic E-state index is 6.11. The SMILES string of the molecule is CCCCC(CC)(CN)N1CCN(C)C(C)C1. The Bertz CT molecular complexity index is 214. The summed E-state index contributed by atoms with van der Waals surface area (Å²) >= 11 is 0. The highest BCUT2D eigenvalue weighted by molar-refractivity contribution is 4.94. The summed E-state index contributed by atoms with van der Waals surface area (Å²) in [6, 6.07) is 0.655. The lowest BCUT2D eigenvalue weighted by molar-refractivity contribution is 0.00976. The average Bonchev–Trinajstić information content (AvgIpc) is 2.35. The lowest BCUT2D eigenvalue weighted by atomic mass is 9.86. The van der Waals surface area contributed by atoms with E-state index >= 15 is 0 Å². The molecule has 1 heterocycles. The molecule has 102 valence electrons. The van der Waals surface area contributed by atoms with E-state index in [2.05, 4.69) is 37.6 Å². The summed E-state index contributed by atoms with van der Waals surface area (Å²) in [7, 11) is 2.23. The van der Waals surface area contributed by atoms with Crippen molar-refractivity contribution in [2.24, 2.45) is 5.73 Å². The van der Waals surface area contributed by atoms with Crippen molar-refractivity contribution in [3.63, 3.8) is 0 Å². The van der Waals surface area contributed by atoms with Crippen molar-refractivity contribution in [3.8, 4) is 0 Å². The zero-order chi connectivity index (χ0) is 12.9. The van der Waals surface area contributed by atoms with E-state index in [9.17, 15) is 0 Å². The molecular formula is C14H31N3. The van der Waals surface area contributed by atoms with Crippen LogP contribution in [0, 0.1) is 0 Å². The van der Waals surface area contributed by atoms with Crippen LogP contribution in [-0.2, 0) is 0 Å². The van der Waals surface area contributed by atoms with Gasteiger partial charge in [-0.2, -0.15) is 0 Å². The summed E-state index contributed by atoms with van der Waals surface area (Å²) in [6.45, 7) is 11.2. The number of likely N-dealkylation sites (N-methyl/N-ethyl adjacent to an activating group) is 1. The van der Waals surface area contributed by atoms with Crippen LogP contribution in [-0.4, -0.2) is 54.6 Å². The van der Waals surface area contributed by atoms with E-state index in [1.807, 2.05) is 0 Å². The molecule has 0 bridgehead atoms. The second-order valence-corrected chi connectivity index (χ2v) is 5.66. The van der Waals surface area contributed by atoms with Crippen molar-refractivity contribution in [1.82, 2.24) is 9.80 Å². The third-order valence-electron chi connectivity index (χ3n) is 4.66. The second-order valence-electron chi connectivity index (χ2n) is 5.66. The average molecular weight is 241 g/mol. The molecule has 17 heavy (non-hydrogen) atoms. The standard InChI is InChI=1S/C14H31N3/c1-5-7-8-14(6-2,12-15)17-10-9-16(4)13(3)11-17/h13H,5-12,15H2,1-4H3. The van der Waals surface area contributed by atoms with Crippen LogP contribution in [0.5, 0.6) is 0 Å². The van der Waals surface area contributed by atoms with Crippen LogP contribution in [0.3, 0.4) is 0 Å². The molecule has 0 aromatic heterocycles. The Morgan fingerprint density at radius 3 is 2.47 bits per heavy atom. The molecule has 1 rings (SSSR count). The zero-order valence-electron chi connectivity index (χ0n) is 12.2. The summed E-state index contributed by atoms with van der Waals surface area (Å²) in [6.07, 6.45) is 5.00. The first kappa shape index (κ1) is 14.9. The van der Waals surface area contributed by atoms with Crippen LogP contribution < -0.4 is 5.73 Å². The largest absolute Gasteiger partial charge is 0.329 e. The molecule has 0 aromatic carbocycles. The Balaban J connectivity index is 2.69. The molecule has 2 unspecified atom stereocenters. The smallest absolute Gasteiger partial charge is 0.0330 e. The summed E-state index contributed by atoms with van der Waals surface area (Å²) in [5.41, 5.74) is 6.37. The topological polar surface area (TPSA) is 32.5 Å². The minimum Gasteiger partial charge on any atom is -0.329 e. The fourth-order valence-electron chi connectivity index (χ4n) is 2.92. The van der Waals surface area contributed by atoms with Crippen LogP contribution in [0.25, 0.3) is 0 Å². The Hall–Kier alpha value is -0.120. The van der Waals surface area contributed by atoms with E-state index in [-0.39, 0.29) is 5.54 Å². The maximum atomic E-state index is 6.11. The highest BCUT2D eigenvalue weighted by Gasteiger charge is 2.36. The van der Waals surface area contributed by atoms with Crippen LogP contribution in [0.1, 0.15) is 46.5 Å².